The quantitative estimate of drug-likeness (QED) is 0.506. The van der Waals surface area contributed by atoms with Crippen LogP contribution in [0.1, 0.15) is 26.6 Å². The lowest BCUT2D eigenvalue weighted by Gasteiger charge is -2.17. The summed E-state index contributed by atoms with van der Waals surface area (Å²) >= 11 is 2.79. The molecule has 2 aromatic heterocycles. The van der Waals surface area contributed by atoms with Crippen LogP contribution in [0.5, 0.6) is 0 Å². The van der Waals surface area contributed by atoms with Gasteiger partial charge in [0, 0.05) is 11.5 Å². The van der Waals surface area contributed by atoms with Gasteiger partial charge in [-0.1, -0.05) is 20.8 Å². The molecule has 0 aliphatic carbocycles. The van der Waals surface area contributed by atoms with Crippen LogP contribution in [0, 0.1) is 0 Å². The lowest BCUT2D eigenvalue weighted by atomic mass is 9.96. The maximum atomic E-state index is 5.43. The van der Waals surface area contributed by atoms with Crippen molar-refractivity contribution in [3.8, 4) is 0 Å². The van der Waals surface area contributed by atoms with Crippen LogP contribution in [0.3, 0.4) is 0 Å². The standard InChI is InChI=1S/C10H14N6S2/c1-10(2,3)8-14-6(16-11)4-7(15-8)17-9-12-5-13-18-9/h4-5H,11H2,1-3H3,(H,14,15,16). The van der Waals surface area contributed by atoms with Crippen molar-refractivity contribution in [3.63, 3.8) is 0 Å². The number of nitrogens with zero attached hydrogens (tertiary/aromatic N) is 4. The van der Waals surface area contributed by atoms with Gasteiger partial charge in [0.05, 0.1) is 0 Å². The first-order valence-electron chi connectivity index (χ1n) is 5.30. The summed E-state index contributed by atoms with van der Waals surface area (Å²) in [6, 6.07) is 1.79. The Morgan fingerprint density at radius 3 is 2.67 bits per heavy atom. The molecule has 0 bridgehead atoms. The lowest BCUT2D eigenvalue weighted by molar-refractivity contribution is 0.539. The Hall–Kier alpha value is -1.25. The van der Waals surface area contributed by atoms with Crippen LogP contribution in [-0.2, 0) is 5.41 Å². The average molecular weight is 282 g/mol. The van der Waals surface area contributed by atoms with Gasteiger partial charge < -0.3 is 5.43 Å². The molecule has 0 radical (unpaired) electrons. The highest BCUT2D eigenvalue weighted by molar-refractivity contribution is 8.00. The van der Waals surface area contributed by atoms with Gasteiger partial charge in [-0.05, 0) is 23.3 Å². The number of nitrogens with one attached hydrogen (secondary N) is 1. The summed E-state index contributed by atoms with van der Waals surface area (Å²) in [7, 11) is 0. The molecule has 18 heavy (non-hydrogen) atoms. The Morgan fingerprint density at radius 1 is 1.33 bits per heavy atom. The second-order valence-corrected chi connectivity index (χ2v) is 6.67. The summed E-state index contributed by atoms with van der Waals surface area (Å²) in [6.07, 6.45) is 1.53. The topological polar surface area (TPSA) is 89.6 Å². The number of aromatic nitrogens is 4. The fourth-order valence-corrected chi connectivity index (χ4v) is 2.58. The van der Waals surface area contributed by atoms with E-state index < -0.39 is 0 Å². The lowest BCUT2D eigenvalue weighted by Crippen LogP contribution is -2.19. The molecule has 0 saturated heterocycles. The van der Waals surface area contributed by atoms with Gasteiger partial charge in [0.15, 0.2) is 4.34 Å². The molecule has 0 spiro atoms. The molecule has 0 fully saturated rings. The van der Waals surface area contributed by atoms with Gasteiger partial charge >= 0.3 is 0 Å². The van der Waals surface area contributed by atoms with E-state index in [1.54, 1.807) is 6.07 Å². The number of nitrogen functional groups attached to an aromatic ring is 1. The monoisotopic (exact) mass is 282 g/mol. The molecular formula is C10H14N6S2. The molecule has 96 valence electrons. The maximum absolute atomic E-state index is 5.43. The molecule has 0 atom stereocenters. The minimum Gasteiger partial charge on any atom is -0.308 e. The van der Waals surface area contributed by atoms with Crippen LogP contribution in [0.4, 0.5) is 5.82 Å². The normalized spacial score (nSPS) is 11.6. The van der Waals surface area contributed by atoms with Crippen LogP contribution in [0.2, 0.25) is 0 Å². The fourth-order valence-electron chi connectivity index (χ4n) is 1.18. The molecular weight excluding hydrogens is 268 g/mol. The molecule has 2 aromatic rings. The van der Waals surface area contributed by atoms with E-state index in [-0.39, 0.29) is 5.41 Å². The number of anilines is 1. The summed E-state index contributed by atoms with van der Waals surface area (Å²) in [5.74, 6) is 6.77. The van der Waals surface area contributed by atoms with E-state index in [0.29, 0.717) is 5.82 Å². The first-order valence-corrected chi connectivity index (χ1v) is 6.89. The number of hydrazine groups is 1. The van der Waals surface area contributed by atoms with Gasteiger partial charge in [-0.2, -0.15) is 4.37 Å². The molecule has 0 unspecified atom stereocenters. The number of rotatable bonds is 3. The number of hydrogen-bond donors (Lipinski definition) is 2. The molecule has 6 nitrogen and oxygen atoms in total. The van der Waals surface area contributed by atoms with Crippen molar-refractivity contribution in [1.29, 1.82) is 0 Å². The van der Waals surface area contributed by atoms with Crippen LogP contribution < -0.4 is 11.3 Å². The maximum Gasteiger partial charge on any atom is 0.175 e. The zero-order valence-corrected chi connectivity index (χ0v) is 12.0. The van der Waals surface area contributed by atoms with Gasteiger partial charge in [0.1, 0.15) is 23.0 Å². The third-order valence-electron chi connectivity index (χ3n) is 2.05. The molecule has 2 rings (SSSR count). The summed E-state index contributed by atoms with van der Waals surface area (Å²) in [4.78, 5) is 13.0. The van der Waals surface area contributed by atoms with Crippen molar-refractivity contribution >= 4 is 29.1 Å². The van der Waals surface area contributed by atoms with Crippen molar-refractivity contribution in [1.82, 2.24) is 19.3 Å². The fraction of sp³-hybridized carbons (Fsp3) is 0.400. The van der Waals surface area contributed by atoms with Crippen molar-refractivity contribution in [2.75, 3.05) is 5.43 Å². The largest absolute Gasteiger partial charge is 0.308 e. The Bertz CT molecular complexity index is 520. The highest BCUT2D eigenvalue weighted by Gasteiger charge is 2.19. The van der Waals surface area contributed by atoms with Gasteiger partial charge in [0.25, 0.3) is 0 Å². The zero-order valence-electron chi connectivity index (χ0n) is 10.3. The summed E-state index contributed by atoms with van der Waals surface area (Å²) in [6.45, 7) is 6.17. The van der Waals surface area contributed by atoms with Gasteiger partial charge in [-0.15, -0.1) is 0 Å². The molecule has 2 heterocycles. The Kier molecular flexibility index (Phi) is 3.79. The molecule has 0 aliphatic heterocycles. The summed E-state index contributed by atoms with van der Waals surface area (Å²) in [5, 5.41) is 0.805. The van der Waals surface area contributed by atoms with E-state index in [2.05, 4.69) is 45.5 Å². The van der Waals surface area contributed by atoms with E-state index >= 15 is 0 Å². The van der Waals surface area contributed by atoms with Crippen molar-refractivity contribution in [2.24, 2.45) is 5.84 Å². The van der Waals surface area contributed by atoms with Crippen LogP contribution in [0.15, 0.2) is 21.8 Å². The third-order valence-corrected chi connectivity index (χ3v) is 3.69. The highest BCUT2D eigenvalue weighted by atomic mass is 32.2. The van der Waals surface area contributed by atoms with Crippen LogP contribution in [-0.4, -0.2) is 19.3 Å². The Balaban J connectivity index is 2.35. The van der Waals surface area contributed by atoms with E-state index in [0.717, 1.165) is 15.2 Å². The SMILES string of the molecule is CC(C)(C)c1nc(NN)cc(Sc2ncns2)n1. The van der Waals surface area contributed by atoms with Crippen molar-refractivity contribution in [3.05, 3.63) is 18.2 Å². The highest BCUT2D eigenvalue weighted by Crippen LogP contribution is 2.30. The molecule has 0 aliphatic rings. The predicted octanol–water partition coefficient (Wildman–Crippen LogP) is 2.06. The third kappa shape index (κ3) is 3.15. The van der Waals surface area contributed by atoms with Crippen LogP contribution in [0.25, 0.3) is 0 Å². The first-order chi connectivity index (χ1) is 8.49. The van der Waals surface area contributed by atoms with Gasteiger partial charge in [-0.25, -0.2) is 20.8 Å². The van der Waals surface area contributed by atoms with Crippen LogP contribution >= 0.6 is 23.3 Å². The molecule has 0 saturated carbocycles. The molecule has 3 N–H and O–H groups in total. The molecule has 8 heteroatoms. The summed E-state index contributed by atoms with van der Waals surface area (Å²) < 4.78 is 4.80. The van der Waals surface area contributed by atoms with E-state index in [4.69, 9.17) is 5.84 Å². The second-order valence-electron chi connectivity index (χ2n) is 4.62. The van der Waals surface area contributed by atoms with Gasteiger partial charge in [0.2, 0.25) is 0 Å². The van der Waals surface area contributed by atoms with E-state index in [1.165, 1.54) is 29.6 Å². The van der Waals surface area contributed by atoms with Crippen molar-refractivity contribution in [2.45, 2.75) is 35.6 Å². The zero-order chi connectivity index (χ0) is 13.2. The number of hydrogen-bond acceptors (Lipinski definition) is 8. The predicted molar refractivity (Wildman–Crippen MR) is 72.6 cm³/mol. The van der Waals surface area contributed by atoms with E-state index in [1.807, 2.05) is 0 Å². The average Bonchev–Trinajstić information content (AvgIpc) is 2.80. The van der Waals surface area contributed by atoms with Crippen molar-refractivity contribution < 1.29 is 0 Å². The first kappa shape index (κ1) is 13.2. The van der Waals surface area contributed by atoms with E-state index in [9.17, 15) is 0 Å². The Labute approximate surface area is 114 Å². The smallest absolute Gasteiger partial charge is 0.175 e. The summed E-state index contributed by atoms with van der Waals surface area (Å²) in [5.41, 5.74) is 2.43. The Morgan fingerprint density at radius 2 is 2.11 bits per heavy atom. The minimum absolute atomic E-state index is 0.136. The number of nitrogens with two attached hydrogens (primary N) is 1. The minimum atomic E-state index is -0.136. The van der Waals surface area contributed by atoms with Gasteiger partial charge in [-0.3, -0.25) is 0 Å². The molecule has 0 aromatic carbocycles. The molecule has 0 amide bonds. The second kappa shape index (κ2) is 5.17.